The molecule has 4 N–H and O–H groups in total. The third-order valence-corrected chi connectivity index (χ3v) is 3.42. The lowest BCUT2D eigenvalue weighted by atomic mass is 9.82. The molecule has 0 fully saturated rings. The van der Waals surface area contributed by atoms with Crippen molar-refractivity contribution in [1.29, 1.82) is 0 Å². The van der Waals surface area contributed by atoms with E-state index in [-0.39, 0.29) is 16.7 Å². The van der Waals surface area contributed by atoms with Crippen molar-refractivity contribution in [2.75, 3.05) is 0 Å². The van der Waals surface area contributed by atoms with Crippen LogP contribution in [0, 0.1) is 0 Å². The number of phenolic OH excluding ortho intramolecular Hbond substituents is 3. The Kier molecular flexibility index (Phi) is 2.96. The second-order valence-electron chi connectivity index (χ2n) is 4.72. The van der Waals surface area contributed by atoms with E-state index in [9.17, 15) is 29.7 Å². The second-order valence-corrected chi connectivity index (χ2v) is 4.72. The van der Waals surface area contributed by atoms with Crippen molar-refractivity contribution in [3.05, 3.63) is 46.5 Å². The summed E-state index contributed by atoms with van der Waals surface area (Å²) in [6, 6.07) is 4.72. The summed E-state index contributed by atoms with van der Waals surface area (Å²) >= 11 is 0. The molecule has 0 bridgehead atoms. The van der Waals surface area contributed by atoms with Gasteiger partial charge in [-0.15, -0.1) is 0 Å². The summed E-state index contributed by atoms with van der Waals surface area (Å²) in [5, 5.41) is 38.1. The molecule has 8 heteroatoms. The van der Waals surface area contributed by atoms with Crippen molar-refractivity contribution in [3.8, 4) is 23.0 Å². The van der Waals surface area contributed by atoms with Crippen LogP contribution in [0.5, 0.6) is 23.0 Å². The molecule has 0 amide bonds. The van der Waals surface area contributed by atoms with Gasteiger partial charge in [0.15, 0.2) is 17.3 Å². The molecule has 0 aromatic heterocycles. The molecule has 2 aromatic rings. The fourth-order valence-electron chi connectivity index (χ4n) is 2.45. The molecule has 0 radical (unpaired) electrons. The highest BCUT2D eigenvalue weighted by molar-refractivity contribution is 6.30. The zero-order valence-corrected chi connectivity index (χ0v) is 11.2. The Hall–Kier alpha value is -3.55. The van der Waals surface area contributed by atoms with E-state index in [0.29, 0.717) is 0 Å². The molecule has 0 aliphatic heterocycles. The van der Waals surface area contributed by atoms with E-state index in [0.717, 1.165) is 6.07 Å². The SMILES string of the molecule is O=C(O)Oc1cc2c(c(O)c1O)C(=O)c1c(O)cccc1C2=O. The lowest BCUT2D eigenvalue weighted by molar-refractivity contribution is 0.0973. The monoisotopic (exact) mass is 316 g/mol. The van der Waals surface area contributed by atoms with E-state index in [1.165, 1.54) is 18.2 Å². The van der Waals surface area contributed by atoms with Gasteiger partial charge in [0.25, 0.3) is 0 Å². The van der Waals surface area contributed by atoms with Crippen LogP contribution >= 0.6 is 0 Å². The molecular weight excluding hydrogens is 308 g/mol. The maximum atomic E-state index is 12.4. The Labute approximate surface area is 127 Å². The van der Waals surface area contributed by atoms with Crippen LogP contribution in [0.3, 0.4) is 0 Å². The van der Waals surface area contributed by atoms with Gasteiger partial charge in [0.05, 0.1) is 11.1 Å². The van der Waals surface area contributed by atoms with Crippen molar-refractivity contribution < 1.29 is 39.5 Å². The van der Waals surface area contributed by atoms with Crippen LogP contribution in [0.25, 0.3) is 0 Å². The summed E-state index contributed by atoms with van der Waals surface area (Å²) in [6.07, 6.45) is -1.77. The van der Waals surface area contributed by atoms with Crippen LogP contribution < -0.4 is 4.74 Å². The number of ether oxygens (including phenoxy) is 1. The van der Waals surface area contributed by atoms with Crippen LogP contribution in [0.15, 0.2) is 24.3 Å². The first-order valence-electron chi connectivity index (χ1n) is 6.24. The zero-order chi connectivity index (χ0) is 16.9. The average Bonchev–Trinajstić information content (AvgIpc) is 2.48. The molecule has 1 aliphatic rings. The minimum Gasteiger partial charge on any atom is -0.507 e. The lowest BCUT2D eigenvalue weighted by Crippen LogP contribution is -2.21. The summed E-state index contributed by atoms with van der Waals surface area (Å²) in [7, 11) is 0. The molecule has 0 saturated carbocycles. The van der Waals surface area contributed by atoms with Crippen molar-refractivity contribution >= 4 is 17.7 Å². The molecule has 1 aliphatic carbocycles. The van der Waals surface area contributed by atoms with E-state index < -0.39 is 46.3 Å². The Morgan fingerprint density at radius 1 is 0.913 bits per heavy atom. The first kappa shape index (κ1) is 14.4. The molecule has 2 aromatic carbocycles. The Bertz CT molecular complexity index is 897. The first-order valence-corrected chi connectivity index (χ1v) is 6.24. The molecule has 116 valence electrons. The van der Waals surface area contributed by atoms with Gasteiger partial charge in [0.2, 0.25) is 11.5 Å². The van der Waals surface area contributed by atoms with Crippen LogP contribution in [0.4, 0.5) is 4.79 Å². The predicted molar refractivity (Wildman–Crippen MR) is 73.4 cm³/mol. The van der Waals surface area contributed by atoms with Gasteiger partial charge in [0, 0.05) is 11.1 Å². The highest BCUT2D eigenvalue weighted by atomic mass is 16.7. The third-order valence-electron chi connectivity index (χ3n) is 3.42. The van der Waals surface area contributed by atoms with Crippen LogP contribution in [0.2, 0.25) is 0 Å². The molecule has 3 rings (SSSR count). The molecular formula is C15H8O8. The van der Waals surface area contributed by atoms with Gasteiger partial charge in [-0.1, -0.05) is 12.1 Å². The number of fused-ring (bicyclic) bond motifs is 2. The van der Waals surface area contributed by atoms with E-state index in [2.05, 4.69) is 4.74 Å². The Morgan fingerprint density at radius 3 is 2.26 bits per heavy atom. The molecule has 23 heavy (non-hydrogen) atoms. The molecule has 0 heterocycles. The van der Waals surface area contributed by atoms with Gasteiger partial charge in [-0.05, 0) is 12.1 Å². The number of ketones is 2. The summed E-state index contributed by atoms with van der Waals surface area (Å²) in [4.78, 5) is 35.5. The van der Waals surface area contributed by atoms with Gasteiger partial charge < -0.3 is 25.2 Å². The Balaban J connectivity index is 2.31. The van der Waals surface area contributed by atoms with Gasteiger partial charge in [0.1, 0.15) is 5.75 Å². The quantitative estimate of drug-likeness (QED) is 0.301. The number of carbonyl (C=O) groups excluding carboxylic acids is 2. The summed E-state index contributed by atoms with van der Waals surface area (Å²) < 4.78 is 4.28. The Morgan fingerprint density at radius 2 is 1.61 bits per heavy atom. The number of hydrogen-bond donors (Lipinski definition) is 4. The van der Waals surface area contributed by atoms with Gasteiger partial charge in [-0.3, -0.25) is 9.59 Å². The van der Waals surface area contributed by atoms with Crippen molar-refractivity contribution in [3.63, 3.8) is 0 Å². The van der Waals surface area contributed by atoms with Crippen LogP contribution in [-0.4, -0.2) is 38.1 Å². The minimum atomic E-state index is -1.77. The molecule has 8 nitrogen and oxygen atoms in total. The topological polar surface area (TPSA) is 141 Å². The molecule has 0 unspecified atom stereocenters. The maximum Gasteiger partial charge on any atom is 0.511 e. The highest BCUT2D eigenvalue weighted by Gasteiger charge is 2.36. The average molecular weight is 316 g/mol. The lowest BCUT2D eigenvalue weighted by Gasteiger charge is -2.20. The van der Waals surface area contributed by atoms with E-state index in [1.54, 1.807) is 0 Å². The number of benzene rings is 2. The smallest absolute Gasteiger partial charge is 0.507 e. The fourth-order valence-corrected chi connectivity index (χ4v) is 2.45. The van der Waals surface area contributed by atoms with Crippen molar-refractivity contribution in [2.45, 2.75) is 0 Å². The zero-order valence-electron chi connectivity index (χ0n) is 11.2. The second kappa shape index (κ2) is 4.73. The number of phenols is 3. The summed E-state index contributed by atoms with van der Waals surface area (Å²) in [5.41, 5.74) is -1.26. The predicted octanol–water partition coefficient (Wildman–Crippen LogP) is 1.64. The molecule has 0 spiro atoms. The normalized spacial score (nSPS) is 12.5. The minimum absolute atomic E-state index is 0.103. The van der Waals surface area contributed by atoms with Gasteiger partial charge in [-0.2, -0.15) is 0 Å². The summed E-state index contributed by atoms with van der Waals surface area (Å²) in [6.45, 7) is 0. The van der Waals surface area contributed by atoms with Crippen LogP contribution in [0.1, 0.15) is 31.8 Å². The van der Waals surface area contributed by atoms with Crippen molar-refractivity contribution in [1.82, 2.24) is 0 Å². The third kappa shape index (κ3) is 1.96. The van der Waals surface area contributed by atoms with Crippen LogP contribution in [-0.2, 0) is 0 Å². The summed E-state index contributed by atoms with van der Waals surface area (Å²) in [5.74, 6) is -4.72. The number of aromatic hydroxyl groups is 3. The fraction of sp³-hybridized carbons (Fsp3) is 0. The number of hydrogen-bond acceptors (Lipinski definition) is 7. The number of carbonyl (C=O) groups is 3. The van der Waals surface area contributed by atoms with Gasteiger partial charge >= 0.3 is 6.16 Å². The van der Waals surface area contributed by atoms with Crippen molar-refractivity contribution in [2.24, 2.45) is 0 Å². The molecule has 0 saturated heterocycles. The highest BCUT2D eigenvalue weighted by Crippen LogP contribution is 2.45. The maximum absolute atomic E-state index is 12.4. The van der Waals surface area contributed by atoms with Gasteiger partial charge in [-0.25, -0.2) is 4.79 Å². The number of rotatable bonds is 1. The molecule has 0 atom stereocenters. The van der Waals surface area contributed by atoms with E-state index >= 15 is 0 Å². The first-order chi connectivity index (χ1) is 10.8. The largest absolute Gasteiger partial charge is 0.511 e. The standard InChI is InChI=1S/C15H8O8/c16-7-3-1-2-5-9(7)13(19)10-6(11(5)17)4-8(23-15(21)22)12(18)14(10)20/h1-4,16,18,20H,(H,21,22). The van der Waals surface area contributed by atoms with E-state index in [4.69, 9.17) is 5.11 Å². The number of carboxylic acid groups (broad SMARTS) is 1. The van der Waals surface area contributed by atoms with E-state index in [1.807, 2.05) is 0 Å².